The van der Waals surface area contributed by atoms with E-state index in [9.17, 15) is 27.9 Å². The quantitative estimate of drug-likeness (QED) is 0.672. The highest BCUT2D eigenvalue weighted by molar-refractivity contribution is 6.30. The van der Waals surface area contributed by atoms with Crippen LogP contribution in [0.15, 0.2) is 48.5 Å². The molecule has 1 fully saturated rings. The minimum absolute atomic E-state index is 0.0767. The molecular formula is C19H16ClF3N2O3. The Labute approximate surface area is 163 Å². The molecule has 0 aromatic heterocycles. The number of rotatable bonds is 3. The molecule has 3 rings (SSSR count). The molecule has 9 heteroatoms. The highest BCUT2D eigenvalue weighted by atomic mass is 35.5. The zero-order valence-corrected chi connectivity index (χ0v) is 15.3. The molecule has 3 unspecified atom stereocenters. The first-order valence-corrected chi connectivity index (χ1v) is 8.65. The van der Waals surface area contributed by atoms with Gasteiger partial charge in [0.05, 0.1) is 6.04 Å². The van der Waals surface area contributed by atoms with Crippen molar-refractivity contribution in [2.45, 2.75) is 24.9 Å². The molecule has 5 nitrogen and oxygen atoms in total. The number of benzene rings is 2. The van der Waals surface area contributed by atoms with Crippen LogP contribution in [-0.2, 0) is 0 Å². The molecule has 0 bridgehead atoms. The van der Waals surface area contributed by atoms with E-state index in [0.29, 0.717) is 5.02 Å². The number of ketones is 1. The summed E-state index contributed by atoms with van der Waals surface area (Å²) in [6.45, 7) is 1.78. The molecule has 0 aliphatic carbocycles. The van der Waals surface area contributed by atoms with Gasteiger partial charge in [0, 0.05) is 10.6 Å². The summed E-state index contributed by atoms with van der Waals surface area (Å²) < 4.78 is 41.3. The van der Waals surface area contributed by atoms with Gasteiger partial charge in [-0.3, -0.25) is 4.79 Å². The maximum absolute atomic E-state index is 13.8. The van der Waals surface area contributed by atoms with Gasteiger partial charge in [-0.1, -0.05) is 41.4 Å². The molecule has 28 heavy (non-hydrogen) atoms. The van der Waals surface area contributed by atoms with Crippen LogP contribution in [-0.4, -0.2) is 28.8 Å². The first-order chi connectivity index (χ1) is 13.0. The molecule has 1 aliphatic rings. The number of aliphatic hydroxyl groups is 1. The van der Waals surface area contributed by atoms with Crippen molar-refractivity contribution in [2.24, 2.45) is 5.92 Å². The minimum Gasteiger partial charge on any atom is -0.363 e. The molecular weight excluding hydrogens is 397 g/mol. The summed E-state index contributed by atoms with van der Waals surface area (Å²) in [5, 5.41) is 14.6. The Morgan fingerprint density at radius 3 is 2.21 bits per heavy atom. The van der Waals surface area contributed by atoms with Gasteiger partial charge < -0.3 is 15.7 Å². The van der Waals surface area contributed by atoms with Crippen LogP contribution in [0, 0.1) is 12.8 Å². The summed E-state index contributed by atoms with van der Waals surface area (Å²) in [5.41, 5.74) is -2.72. The van der Waals surface area contributed by atoms with Crippen LogP contribution in [0.1, 0.15) is 27.5 Å². The summed E-state index contributed by atoms with van der Waals surface area (Å²) in [6.07, 6.45) is -5.29. The van der Waals surface area contributed by atoms with E-state index in [1.807, 2.05) is 0 Å². The SMILES string of the molecule is Cc1ccc(C2NC(=O)NC(O)(C(F)(F)F)C2C(=O)c2ccc(Cl)cc2)cc1. The summed E-state index contributed by atoms with van der Waals surface area (Å²) in [5.74, 6) is -3.05. The van der Waals surface area contributed by atoms with Crippen LogP contribution < -0.4 is 10.6 Å². The highest BCUT2D eigenvalue weighted by Crippen LogP contribution is 2.44. The van der Waals surface area contributed by atoms with Crippen molar-refractivity contribution in [2.75, 3.05) is 0 Å². The monoisotopic (exact) mass is 412 g/mol. The maximum atomic E-state index is 13.8. The van der Waals surface area contributed by atoms with E-state index >= 15 is 0 Å². The van der Waals surface area contributed by atoms with E-state index in [2.05, 4.69) is 5.32 Å². The van der Waals surface area contributed by atoms with E-state index in [1.54, 1.807) is 19.1 Å². The van der Waals surface area contributed by atoms with Gasteiger partial charge in [-0.05, 0) is 36.8 Å². The number of amides is 2. The molecule has 0 saturated carbocycles. The third kappa shape index (κ3) is 3.57. The van der Waals surface area contributed by atoms with Crippen LogP contribution in [0.4, 0.5) is 18.0 Å². The van der Waals surface area contributed by atoms with Crippen LogP contribution in [0.3, 0.4) is 0 Å². The molecule has 0 spiro atoms. The van der Waals surface area contributed by atoms with Crippen molar-refractivity contribution in [3.8, 4) is 0 Å². The van der Waals surface area contributed by atoms with Crippen molar-refractivity contribution in [3.05, 3.63) is 70.2 Å². The number of hydrogen-bond donors (Lipinski definition) is 3. The summed E-state index contributed by atoms with van der Waals surface area (Å²) in [4.78, 5) is 25.0. The third-order valence-corrected chi connectivity index (χ3v) is 4.91. The normalized spacial score (nSPS) is 25.0. The average molecular weight is 413 g/mol. The molecule has 3 atom stereocenters. The number of hydrogen-bond acceptors (Lipinski definition) is 3. The van der Waals surface area contributed by atoms with Gasteiger partial charge in [0.1, 0.15) is 5.92 Å². The topological polar surface area (TPSA) is 78.4 Å². The molecule has 148 valence electrons. The minimum atomic E-state index is -5.29. The maximum Gasteiger partial charge on any atom is 0.437 e. The fourth-order valence-electron chi connectivity index (χ4n) is 3.18. The van der Waals surface area contributed by atoms with E-state index in [0.717, 1.165) is 5.56 Å². The molecule has 2 amide bonds. The first-order valence-electron chi connectivity index (χ1n) is 8.27. The number of urea groups is 1. The van der Waals surface area contributed by atoms with E-state index in [-0.39, 0.29) is 11.1 Å². The van der Waals surface area contributed by atoms with E-state index in [1.165, 1.54) is 41.7 Å². The molecule has 1 heterocycles. The summed E-state index contributed by atoms with van der Waals surface area (Å²) in [6, 6.07) is 8.91. The number of nitrogens with one attached hydrogen (secondary N) is 2. The Balaban J connectivity index is 2.15. The second-order valence-electron chi connectivity index (χ2n) is 6.60. The first kappa shape index (κ1) is 20.2. The van der Waals surface area contributed by atoms with Crippen molar-refractivity contribution >= 4 is 23.4 Å². The lowest BCUT2D eigenvalue weighted by Crippen LogP contribution is -2.72. The molecule has 1 saturated heterocycles. The van der Waals surface area contributed by atoms with Crippen LogP contribution in [0.5, 0.6) is 0 Å². The number of carbonyl (C=O) groups is 2. The Morgan fingerprint density at radius 2 is 1.68 bits per heavy atom. The van der Waals surface area contributed by atoms with Crippen LogP contribution in [0.2, 0.25) is 5.02 Å². The molecule has 0 radical (unpaired) electrons. The van der Waals surface area contributed by atoms with E-state index < -0.39 is 35.7 Å². The lowest BCUT2D eigenvalue weighted by atomic mass is 9.77. The van der Waals surface area contributed by atoms with Gasteiger partial charge in [-0.15, -0.1) is 0 Å². The summed E-state index contributed by atoms with van der Waals surface area (Å²) >= 11 is 5.78. The largest absolute Gasteiger partial charge is 0.437 e. The van der Waals surface area contributed by atoms with Gasteiger partial charge in [0.25, 0.3) is 0 Å². The van der Waals surface area contributed by atoms with Crippen LogP contribution >= 0.6 is 11.6 Å². The Hall–Kier alpha value is -2.58. The predicted octanol–water partition coefficient (Wildman–Crippen LogP) is 3.75. The van der Waals surface area contributed by atoms with Crippen molar-refractivity contribution in [1.82, 2.24) is 10.6 Å². The third-order valence-electron chi connectivity index (χ3n) is 4.65. The van der Waals surface area contributed by atoms with Crippen molar-refractivity contribution < 1.29 is 27.9 Å². The number of Topliss-reactive ketones (excluding diaryl/α,β-unsaturated/α-hetero) is 1. The number of aryl methyl sites for hydroxylation is 1. The Kier molecular flexibility index (Phi) is 5.12. The second-order valence-corrected chi connectivity index (χ2v) is 7.04. The fraction of sp³-hybridized carbons (Fsp3) is 0.263. The lowest BCUT2D eigenvalue weighted by molar-refractivity contribution is -0.287. The van der Waals surface area contributed by atoms with Crippen LogP contribution in [0.25, 0.3) is 0 Å². The molecule has 3 N–H and O–H groups in total. The van der Waals surface area contributed by atoms with Gasteiger partial charge >= 0.3 is 12.2 Å². The van der Waals surface area contributed by atoms with Gasteiger partial charge in [-0.25, -0.2) is 4.79 Å². The van der Waals surface area contributed by atoms with Gasteiger partial charge in [-0.2, -0.15) is 13.2 Å². The van der Waals surface area contributed by atoms with Gasteiger partial charge in [0.2, 0.25) is 5.72 Å². The number of carbonyl (C=O) groups excluding carboxylic acids is 2. The number of halogens is 4. The number of alkyl halides is 3. The Morgan fingerprint density at radius 1 is 1.11 bits per heavy atom. The zero-order chi connectivity index (χ0) is 20.7. The second kappa shape index (κ2) is 7.10. The van der Waals surface area contributed by atoms with Crippen molar-refractivity contribution in [3.63, 3.8) is 0 Å². The Bertz CT molecular complexity index is 900. The molecule has 2 aromatic rings. The molecule has 2 aromatic carbocycles. The van der Waals surface area contributed by atoms with Gasteiger partial charge in [0.15, 0.2) is 5.78 Å². The van der Waals surface area contributed by atoms with Crippen molar-refractivity contribution in [1.29, 1.82) is 0 Å². The highest BCUT2D eigenvalue weighted by Gasteiger charge is 2.66. The molecule has 1 aliphatic heterocycles. The smallest absolute Gasteiger partial charge is 0.363 e. The standard InChI is InChI=1S/C19H16ClF3N2O3/c1-10-2-4-11(5-3-10)15-14(16(26)12-6-8-13(20)9-7-12)18(28,19(21,22)23)25-17(27)24-15/h2-9,14-15,28H,1H3,(H2,24,25,27). The zero-order valence-electron chi connectivity index (χ0n) is 14.5. The lowest BCUT2D eigenvalue weighted by Gasteiger charge is -2.45. The predicted molar refractivity (Wildman–Crippen MR) is 95.9 cm³/mol. The summed E-state index contributed by atoms with van der Waals surface area (Å²) in [7, 11) is 0. The average Bonchev–Trinajstić information content (AvgIpc) is 2.61. The van der Waals surface area contributed by atoms with E-state index in [4.69, 9.17) is 11.6 Å². The fourth-order valence-corrected chi connectivity index (χ4v) is 3.31.